The van der Waals surface area contributed by atoms with Crippen LogP contribution in [-0.2, 0) is 4.79 Å². The molecule has 1 amide bonds. The minimum atomic E-state index is -0.856. The third kappa shape index (κ3) is 3.45. The van der Waals surface area contributed by atoms with Crippen LogP contribution in [0.25, 0.3) is 0 Å². The lowest BCUT2D eigenvalue weighted by molar-refractivity contribution is -0.132. The number of likely N-dealkylation sites (tertiary alicyclic amines) is 1. The molecule has 0 aromatic heterocycles. The molecule has 1 fully saturated rings. The molecule has 19 heavy (non-hydrogen) atoms. The highest BCUT2D eigenvalue weighted by Crippen LogP contribution is 2.17. The van der Waals surface area contributed by atoms with Crippen molar-refractivity contribution < 1.29 is 19.7 Å². The molecule has 2 rings (SSSR count). The fourth-order valence-electron chi connectivity index (χ4n) is 2.23. The summed E-state index contributed by atoms with van der Waals surface area (Å²) >= 11 is 0. The van der Waals surface area contributed by atoms with Gasteiger partial charge in [0.2, 0.25) is 0 Å². The van der Waals surface area contributed by atoms with Gasteiger partial charge in [-0.25, -0.2) is 0 Å². The molecule has 1 aliphatic heterocycles. The molecule has 1 aromatic carbocycles. The maximum atomic E-state index is 11.9. The number of rotatable bonds is 3. The predicted octanol–water partition coefficient (Wildman–Crippen LogP) is 0.246. The van der Waals surface area contributed by atoms with Gasteiger partial charge < -0.3 is 19.8 Å². The van der Waals surface area contributed by atoms with E-state index in [0.29, 0.717) is 5.75 Å². The van der Waals surface area contributed by atoms with E-state index in [-0.39, 0.29) is 25.6 Å². The van der Waals surface area contributed by atoms with E-state index in [9.17, 15) is 15.0 Å². The summed E-state index contributed by atoms with van der Waals surface area (Å²) in [5.74, 6) is 0.431. The van der Waals surface area contributed by atoms with Gasteiger partial charge in [-0.3, -0.25) is 4.79 Å². The summed E-state index contributed by atoms with van der Waals surface area (Å²) in [5, 5.41) is 18.8. The molecule has 1 aromatic rings. The Morgan fingerprint density at radius 2 is 1.74 bits per heavy atom. The fraction of sp³-hybridized carbons (Fsp3) is 0.500. The maximum absolute atomic E-state index is 11.9. The number of carbonyl (C=O) groups is 1. The summed E-state index contributed by atoms with van der Waals surface area (Å²) in [6, 6.07) is 5.77. The van der Waals surface area contributed by atoms with E-state index in [0.717, 1.165) is 11.1 Å². The van der Waals surface area contributed by atoms with E-state index in [2.05, 4.69) is 0 Å². The molecule has 1 saturated heterocycles. The summed E-state index contributed by atoms with van der Waals surface area (Å²) in [6.45, 7) is 4.18. The van der Waals surface area contributed by atoms with Crippen molar-refractivity contribution in [1.82, 2.24) is 4.90 Å². The number of ether oxygens (including phenoxy) is 1. The number of aliphatic hydroxyl groups is 2. The number of aliphatic hydroxyl groups excluding tert-OH is 2. The highest BCUT2D eigenvalue weighted by Gasteiger charge is 2.32. The third-order valence-electron chi connectivity index (χ3n) is 3.17. The summed E-state index contributed by atoms with van der Waals surface area (Å²) in [4.78, 5) is 13.3. The first-order valence-electron chi connectivity index (χ1n) is 6.30. The molecule has 1 heterocycles. The minimum Gasteiger partial charge on any atom is -0.484 e. The molecule has 104 valence electrons. The molecule has 5 nitrogen and oxygen atoms in total. The zero-order valence-electron chi connectivity index (χ0n) is 11.2. The first kappa shape index (κ1) is 13.8. The normalized spacial score (nSPS) is 22.6. The molecule has 5 heteroatoms. The van der Waals surface area contributed by atoms with Crippen molar-refractivity contribution in [3.8, 4) is 5.75 Å². The fourth-order valence-corrected chi connectivity index (χ4v) is 2.23. The lowest BCUT2D eigenvalue weighted by Crippen LogP contribution is -2.33. The zero-order chi connectivity index (χ0) is 14.0. The maximum Gasteiger partial charge on any atom is 0.260 e. The van der Waals surface area contributed by atoms with Gasteiger partial charge in [-0.1, -0.05) is 6.07 Å². The van der Waals surface area contributed by atoms with Crippen molar-refractivity contribution in [2.24, 2.45) is 0 Å². The molecule has 2 atom stereocenters. The second-order valence-corrected chi connectivity index (χ2v) is 5.05. The Morgan fingerprint density at radius 3 is 2.26 bits per heavy atom. The molecule has 0 saturated carbocycles. The summed E-state index contributed by atoms with van der Waals surface area (Å²) in [6.07, 6.45) is -1.71. The Labute approximate surface area is 112 Å². The first-order chi connectivity index (χ1) is 8.95. The van der Waals surface area contributed by atoms with Gasteiger partial charge in [0, 0.05) is 13.1 Å². The van der Waals surface area contributed by atoms with Crippen LogP contribution in [0.15, 0.2) is 18.2 Å². The molecular formula is C14H19NO4. The summed E-state index contributed by atoms with van der Waals surface area (Å²) in [7, 11) is 0. The van der Waals surface area contributed by atoms with Crippen LogP contribution < -0.4 is 4.74 Å². The quantitative estimate of drug-likeness (QED) is 0.821. The third-order valence-corrected chi connectivity index (χ3v) is 3.17. The monoisotopic (exact) mass is 265 g/mol. The zero-order valence-corrected chi connectivity index (χ0v) is 11.2. The molecule has 1 aliphatic rings. The molecule has 0 spiro atoms. The van der Waals surface area contributed by atoms with E-state index in [1.807, 2.05) is 32.0 Å². The van der Waals surface area contributed by atoms with E-state index in [1.54, 1.807) is 0 Å². The Morgan fingerprint density at radius 1 is 1.21 bits per heavy atom. The predicted molar refractivity (Wildman–Crippen MR) is 70.0 cm³/mol. The highest BCUT2D eigenvalue weighted by atomic mass is 16.5. The minimum absolute atomic E-state index is 0.0810. The number of aryl methyl sites for hydroxylation is 2. The highest BCUT2D eigenvalue weighted by molar-refractivity contribution is 5.78. The number of carbonyl (C=O) groups excluding carboxylic acids is 1. The van der Waals surface area contributed by atoms with Crippen molar-refractivity contribution in [3.05, 3.63) is 29.3 Å². The largest absolute Gasteiger partial charge is 0.484 e. The Bertz CT molecular complexity index is 444. The lowest BCUT2D eigenvalue weighted by atomic mass is 10.1. The SMILES string of the molecule is Cc1cc(C)cc(OCC(=O)N2CC(O)C(O)C2)c1. The standard InChI is InChI=1S/C14H19NO4/c1-9-3-10(2)5-11(4-9)19-8-14(18)15-6-12(16)13(17)7-15/h3-5,12-13,16-17H,6-8H2,1-2H3. The summed E-state index contributed by atoms with van der Waals surface area (Å²) in [5.41, 5.74) is 2.16. The van der Waals surface area contributed by atoms with E-state index in [1.165, 1.54) is 4.90 Å². The van der Waals surface area contributed by atoms with Gasteiger partial charge in [0.05, 0.1) is 12.2 Å². The van der Waals surface area contributed by atoms with Gasteiger partial charge in [-0.05, 0) is 37.1 Å². The number of β-amino-alcohol motifs (C(OH)–C–C–N with tert-alkyl or cyclic N) is 2. The van der Waals surface area contributed by atoms with Crippen molar-refractivity contribution in [1.29, 1.82) is 0 Å². The topological polar surface area (TPSA) is 70.0 Å². The Kier molecular flexibility index (Phi) is 4.07. The first-order valence-corrected chi connectivity index (χ1v) is 6.30. The van der Waals surface area contributed by atoms with Crippen molar-refractivity contribution >= 4 is 5.91 Å². The van der Waals surface area contributed by atoms with Crippen molar-refractivity contribution in [3.63, 3.8) is 0 Å². The molecular weight excluding hydrogens is 246 g/mol. The van der Waals surface area contributed by atoms with Crippen molar-refractivity contribution in [2.75, 3.05) is 19.7 Å². The summed E-state index contributed by atoms with van der Waals surface area (Å²) < 4.78 is 5.46. The molecule has 2 unspecified atom stereocenters. The molecule has 2 N–H and O–H groups in total. The average molecular weight is 265 g/mol. The van der Waals surface area contributed by atoms with Crippen LogP contribution >= 0.6 is 0 Å². The van der Waals surface area contributed by atoms with Gasteiger partial charge in [-0.2, -0.15) is 0 Å². The van der Waals surface area contributed by atoms with E-state index < -0.39 is 12.2 Å². The van der Waals surface area contributed by atoms with Crippen LogP contribution in [0, 0.1) is 13.8 Å². The van der Waals surface area contributed by atoms with Crippen molar-refractivity contribution in [2.45, 2.75) is 26.1 Å². The second kappa shape index (κ2) is 5.59. The Balaban J connectivity index is 1.90. The average Bonchev–Trinajstić information content (AvgIpc) is 2.65. The van der Waals surface area contributed by atoms with Gasteiger partial charge in [0.15, 0.2) is 6.61 Å². The molecule has 0 aliphatic carbocycles. The van der Waals surface area contributed by atoms with Gasteiger partial charge in [0.25, 0.3) is 5.91 Å². The number of hydrogen-bond acceptors (Lipinski definition) is 4. The van der Waals surface area contributed by atoms with Crippen LogP contribution in [0.1, 0.15) is 11.1 Å². The molecule has 0 radical (unpaired) electrons. The smallest absolute Gasteiger partial charge is 0.260 e. The Hall–Kier alpha value is -1.59. The van der Waals surface area contributed by atoms with Crippen LogP contribution in [0.5, 0.6) is 5.75 Å². The van der Waals surface area contributed by atoms with Gasteiger partial charge >= 0.3 is 0 Å². The number of amides is 1. The number of hydrogen-bond donors (Lipinski definition) is 2. The van der Waals surface area contributed by atoms with Crippen LogP contribution in [-0.4, -0.2) is 52.9 Å². The van der Waals surface area contributed by atoms with Gasteiger partial charge in [0.1, 0.15) is 5.75 Å². The second-order valence-electron chi connectivity index (χ2n) is 5.05. The van der Waals surface area contributed by atoms with E-state index >= 15 is 0 Å². The number of benzene rings is 1. The van der Waals surface area contributed by atoms with Crippen LogP contribution in [0.4, 0.5) is 0 Å². The number of nitrogens with zero attached hydrogens (tertiary/aromatic N) is 1. The van der Waals surface area contributed by atoms with Crippen LogP contribution in [0.3, 0.4) is 0 Å². The van der Waals surface area contributed by atoms with E-state index in [4.69, 9.17) is 4.74 Å². The van der Waals surface area contributed by atoms with Crippen LogP contribution in [0.2, 0.25) is 0 Å². The lowest BCUT2D eigenvalue weighted by Gasteiger charge is -2.16. The van der Waals surface area contributed by atoms with Gasteiger partial charge in [-0.15, -0.1) is 0 Å². The molecule has 0 bridgehead atoms.